The summed E-state index contributed by atoms with van der Waals surface area (Å²) in [5.74, 6) is -0.552. The molecule has 0 radical (unpaired) electrons. The molecule has 0 unspecified atom stereocenters. The molecule has 0 bridgehead atoms. The number of carbonyl (C=O) groups excluding carboxylic acids is 2. The highest BCUT2D eigenvalue weighted by Gasteiger charge is 2.62. The third kappa shape index (κ3) is 2.36. The summed E-state index contributed by atoms with van der Waals surface area (Å²) >= 11 is 0. The second-order valence-electron chi connectivity index (χ2n) is 8.52. The molecule has 5 nitrogen and oxygen atoms in total. The summed E-state index contributed by atoms with van der Waals surface area (Å²) in [6.45, 7) is 3.78. The molecular weight excluding hydrogens is 374 g/mol. The molecule has 0 aliphatic carbocycles. The fourth-order valence-corrected chi connectivity index (χ4v) is 5.52. The SMILES string of the molecule is Cc1ccc([C@H]2[C@@H]3C(=O)N(c4cccc5ccccc45)C(=O)[C@@H]3N3CCCN23)cc1. The summed E-state index contributed by atoms with van der Waals surface area (Å²) in [5, 5.41) is 6.38. The summed E-state index contributed by atoms with van der Waals surface area (Å²) < 4.78 is 0. The van der Waals surface area contributed by atoms with Crippen molar-refractivity contribution in [3.63, 3.8) is 0 Å². The van der Waals surface area contributed by atoms with Crippen LogP contribution in [0.15, 0.2) is 66.7 Å². The molecule has 3 saturated heterocycles. The molecule has 3 fully saturated rings. The first-order valence-electron chi connectivity index (χ1n) is 10.6. The second kappa shape index (κ2) is 6.49. The molecule has 3 aliphatic heterocycles. The summed E-state index contributed by atoms with van der Waals surface area (Å²) in [4.78, 5) is 28.9. The average molecular weight is 397 g/mol. The van der Waals surface area contributed by atoms with Gasteiger partial charge in [0.15, 0.2) is 0 Å². The van der Waals surface area contributed by atoms with Gasteiger partial charge in [0.05, 0.1) is 17.6 Å². The van der Waals surface area contributed by atoms with Gasteiger partial charge in [-0.3, -0.25) is 9.59 Å². The van der Waals surface area contributed by atoms with Crippen LogP contribution in [0.5, 0.6) is 0 Å². The van der Waals surface area contributed by atoms with Crippen LogP contribution in [0.4, 0.5) is 5.69 Å². The van der Waals surface area contributed by atoms with Gasteiger partial charge in [0.2, 0.25) is 5.91 Å². The highest BCUT2D eigenvalue weighted by Crippen LogP contribution is 2.49. The van der Waals surface area contributed by atoms with Gasteiger partial charge in [-0.05, 0) is 30.4 Å². The quantitative estimate of drug-likeness (QED) is 0.619. The van der Waals surface area contributed by atoms with Crippen LogP contribution in [-0.4, -0.2) is 41.0 Å². The maximum atomic E-state index is 13.8. The van der Waals surface area contributed by atoms with Crippen molar-refractivity contribution >= 4 is 28.3 Å². The van der Waals surface area contributed by atoms with E-state index >= 15 is 0 Å². The van der Waals surface area contributed by atoms with Crippen molar-refractivity contribution in [2.24, 2.45) is 5.92 Å². The third-order valence-electron chi connectivity index (χ3n) is 6.83. The largest absolute Gasteiger partial charge is 0.274 e. The molecule has 2 amide bonds. The maximum Gasteiger partial charge on any atom is 0.253 e. The van der Waals surface area contributed by atoms with E-state index in [1.54, 1.807) is 0 Å². The number of amides is 2. The minimum atomic E-state index is -0.412. The molecule has 6 rings (SSSR count). The molecule has 0 aromatic heterocycles. The fraction of sp³-hybridized carbons (Fsp3) is 0.280. The molecular formula is C25H23N3O2. The van der Waals surface area contributed by atoms with E-state index in [1.165, 1.54) is 10.5 Å². The minimum Gasteiger partial charge on any atom is -0.274 e. The first-order chi connectivity index (χ1) is 14.6. The number of carbonyl (C=O) groups is 2. The van der Waals surface area contributed by atoms with E-state index in [-0.39, 0.29) is 23.8 Å². The van der Waals surface area contributed by atoms with Crippen LogP contribution in [0.1, 0.15) is 23.6 Å². The summed E-state index contributed by atoms with van der Waals surface area (Å²) in [6, 6.07) is 21.7. The van der Waals surface area contributed by atoms with Gasteiger partial charge < -0.3 is 0 Å². The predicted octanol–water partition coefficient (Wildman–Crippen LogP) is 3.68. The topological polar surface area (TPSA) is 43.9 Å². The van der Waals surface area contributed by atoms with E-state index in [1.807, 2.05) is 42.5 Å². The van der Waals surface area contributed by atoms with Crippen LogP contribution < -0.4 is 4.90 Å². The van der Waals surface area contributed by atoms with E-state index in [0.29, 0.717) is 5.69 Å². The van der Waals surface area contributed by atoms with Gasteiger partial charge >= 0.3 is 0 Å². The summed E-state index contributed by atoms with van der Waals surface area (Å²) in [5.41, 5.74) is 3.00. The van der Waals surface area contributed by atoms with Crippen molar-refractivity contribution in [1.82, 2.24) is 10.0 Å². The van der Waals surface area contributed by atoms with E-state index < -0.39 is 6.04 Å². The first-order valence-corrected chi connectivity index (χ1v) is 10.6. The van der Waals surface area contributed by atoms with Crippen LogP contribution in [-0.2, 0) is 9.59 Å². The Bertz CT molecular complexity index is 1170. The van der Waals surface area contributed by atoms with Crippen LogP contribution >= 0.6 is 0 Å². The highest BCUT2D eigenvalue weighted by atomic mass is 16.2. The van der Waals surface area contributed by atoms with Crippen molar-refractivity contribution in [3.05, 3.63) is 77.9 Å². The average Bonchev–Trinajstić information content (AvgIpc) is 3.41. The Morgan fingerprint density at radius 2 is 1.47 bits per heavy atom. The lowest BCUT2D eigenvalue weighted by Crippen LogP contribution is -2.44. The Labute approximate surface area is 175 Å². The van der Waals surface area contributed by atoms with Crippen molar-refractivity contribution in [2.45, 2.75) is 25.4 Å². The van der Waals surface area contributed by atoms with Gasteiger partial charge in [-0.2, -0.15) is 0 Å². The highest BCUT2D eigenvalue weighted by molar-refractivity contribution is 6.26. The van der Waals surface area contributed by atoms with E-state index in [4.69, 9.17) is 0 Å². The van der Waals surface area contributed by atoms with Crippen molar-refractivity contribution in [3.8, 4) is 0 Å². The number of hydrogen-bond acceptors (Lipinski definition) is 4. The zero-order valence-corrected chi connectivity index (χ0v) is 16.9. The molecule has 5 heteroatoms. The van der Waals surface area contributed by atoms with Crippen LogP contribution in [0.2, 0.25) is 0 Å². The van der Waals surface area contributed by atoms with Gasteiger partial charge in [-0.25, -0.2) is 14.9 Å². The molecule has 3 aliphatic rings. The number of anilines is 1. The molecule has 3 aromatic carbocycles. The van der Waals surface area contributed by atoms with Gasteiger partial charge in [-0.15, -0.1) is 0 Å². The number of nitrogens with zero attached hydrogens (tertiary/aromatic N) is 3. The molecule has 0 saturated carbocycles. The molecule has 30 heavy (non-hydrogen) atoms. The van der Waals surface area contributed by atoms with Crippen molar-refractivity contribution in [1.29, 1.82) is 0 Å². The molecule has 3 heterocycles. The number of aryl methyl sites for hydroxylation is 1. The number of fused-ring (bicyclic) bond motifs is 4. The molecule has 3 aromatic rings. The minimum absolute atomic E-state index is 0.0821. The van der Waals surface area contributed by atoms with Crippen LogP contribution in [0, 0.1) is 12.8 Å². The van der Waals surface area contributed by atoms with Crippen LogP contribution in [0.3, 0.4) is 0 Å². The summed E-state index contributed by atoms with van der Waals surface area (Å²) in [7, 11) is 0. The lowest BCUT2D eigenvalue weighted by molar-refractivity contribution is -0.126. The molecule has 3 atom stereocenters. The van der Waals surface area contributed by atoms with Gasteiger partial charge in [0, 0.05) is 18.5 Å². The van der Waals surface area contributed by atoms with Crippen molar-refractivity contribution in [2.75, 3.05) is 18.0 Å². The number of benzene rings is 3. The standard InChI is InChI=1S/C25H23N3O2/c1-16-10-12-18(13-11-16)22-21-23(27-15-5-14-26(22)27)25(30)28(24(21)29)20-9-4-7-17-6-2-3-8-19(17)20/h2-4,6-13,21-23H,5,14-15H2,1H3/t21-,22-,23+/m0/s1. The fourth-order valence-electron chi connectivity index (χ4n) is 5.52. The lowest BCUT2D eigenvalue weighted by Gasteiger charge is -2.30. The van der Waals surface area contributed by atoms with Gasteiger partial charge in [0.25, 0.3) is 5.91 Å². The normalized spacial score (nSPS) is 26.6. The van der Waals surface area contributed by atoms with Gasteiger partial charge in [-0.1, -0.05) is 66.2 Å². The Morgan fingerprint density at radius 1 is 0.767 bits per heavy atom. The Kier molecular flexibility index (Phi) is 3.85. The van der Waals surface area contributed by atoms with E-state index in [2.05, 4.69) is 41.2 Å². The number of hydrazine groups is 1. The van der Waals surface area contributed by atoms with Crippen molar-refractivity contribution < 1.29 is 9.59 Å². The molecule has 0 N–H and O–H groups in total. The Morgan fingerprint density at radius 3 is 2.27 bits per heavy atom. The molecule has 0 spiro atoms. The van der Waals surface area contributed by atoms with E-state index in [0.717, 1.165) is 35.8 Å². The first kappa shape index (κ1) is 17.8. The predicted molar refractivity (Wildman–Crippen MR) is 116 cm³/mol. The summed E-state index contributed by atoms with van der Waals surface area (Å²) in [6.07, 6.45) is 1.02. The zero-order chi connectivity index (χ0) is 20.4. The molecule has 150 valence electrons. The smallest absolute Gasteiger partial charge is 0.253 e. The monoisotopic (exact) mass is 397 g/mol. The Balaban J connectivity index is 1.48. The lowest BCUT2D eigenvalue weighted by atomic mass is 9.89. The van der Waals surface area contributed by atoms with Gasteiger partial charge in [0.1, 0.15) is 6.04 Å². The number of rotatable bonds is 2. The number of imide groups is 1. The van der Waals surface area contributed by atoms with E-state index in [9.17, 15) is 9.59 Å². The second-order valence-corrected chi connectivity index (χ2v) is 8.52. The maximum absolute atomic E-state index is 13.8. The third-order valence-corrected chi connectivity index (χ3v) is 6.83. The zero-order valence-electron chi connectivity index (χ0n) is 16.9. The Hall–Kier alpha value is -3.02. The van der Waals surface area contributed by atoms with Crippen LogP contribution in [0.25, 0.3) is 10.8 Å². The number of hydrogen-bond donors (Lipinski definition) is 0.